The van der Waals surface area contributed by atoms with Gasteiger partial charge >= 0.3 is 13.0 Å². The fourth-order valence-electron chi connectivity index (χ4n) is 6.17. The van der Waals surface area contributed by atoms with Crippen LogP contribution in [0.2, 0.25) is 0 Å². The number of aromatic nitrogens is 1. The van der Waals surface area contributed by atoms with Crippen molar-refractivity contribution in [3.05, 3.63) is 106 Å². The summed E-state index contributed by atoms with van der Waals surface area (Å²) < 4.78 is 4.72. The second-order valence-electron chi connectivity index (χ2n) is 8.73. The minimum Gasteiger partial charge on any atom is -0.270 e. The summed E-state index contributed by atoms with van der Waals surface area (Å²) in [7, 11) is 0.00782. The Balaban J connectivity index is 1.54. The molecule has 2 atom stereocenters. The molecule has 7 heteroatoms. The van der Waals surface area contributed by atoms with Crippen molar-refractivity contribution in [2.24, 2.45) is 9.98 Å². The van der Waals surface area contributed by atoms with E-state index in [-0.39, 0.29) is 19.4 Å². The average Bonchev–Trinajstić information content (AvgIpc) is 3.45. The van der Waals surface area contributed by atoms with E-state index in [1.165, 1.54) is 33.0 Å². The van der Waals surface area contributed by atoms with Crippen LogP contribution in [-0.4, -0.2) is 32.6 Å². The molecule has 0 aliphatic carbocycles. The first-order valence-electron chi connectivity index (χ1n) is 10.7. The molecule has 0 bridgehead atoms. The molecule has 5 aliphatic rings. The van der Waals surface area contributed by atoms with Gasteiger partial charge in [-0.05, 0) is 12.1 Å². The summed E-state index contributed by atoms with van der Waals surface area (Å²) in [5.74, 6) is 2.17. The molecule has 5 aliphatic heterocycles. The zero-order valence-corrected chi connectivity index (χ0v) is 16.4. The van der Waals surface area contributed by atoms with Crippen LogP contribution in [0.5, 0.6) is 0 Å². The van der Waals surface area contributed by atoms with Crippen molar-refractivity contribution < 1.29 is 9.48 Å². The van der Waals surface area contributed by atoms with Gasteiger partial charge in [-0.1, -0.05) is 60.7 Å². The number of nitrogens with zero attached hydrogens (tertiary/aromatic N) is 5. The monoisotopic (exact) mass is 398 g/mol. The molecule has 0 fully saturated rings. The Morgan fingerprint density at radius 1 is 0.806 bits per heavy atom. The lowest BCUT2D eigenvalue weighted by atomic mass is 9.83. The van der Waals surface area contributed by atoms with E-state index in [4.69, 9.17) is 9.98 Å². The number of benzene rings is 3. The van der Waals surface area contributed by atoms with E-state index < -0.39 is 0 Å². The Bertz CT molecular complexity index is 1730. The van der Waals surface area contributed by atoms with E-state index in [1.54, 1.807) is 0 Å². The third kappa shape index (κ3) is 1.49. The van der Waals surface area contributed by atoms with Crippen LogP contribution < -0.4 is 16.0 Å². The van der Waals surface area contributed by atoms with Crippen LogP contribution in [0.3, 0.4) is 0 Å². The topological polar surface area (TPSA) is 49.9 Å². The van der Waals surface area contributed by atoms with Gasteiger partial charge < -0.3 is 0 Å². The van der Waals surface area contributed by atoms with E-state index in [0.717, 1.165) is 22.6 Å². The van der Waals surface area contributed by atoms with Gasteiger partial charge in [-0.3, -0.25) is 4.48 Å². The molecule has 9 rings (SSSR count). The molecule has 31 heavy (non-hydrogen) atoms. The molecule has 6 nitrogen and oxygen atoms in total. The zero-order chi connectivity index (χ0) is 19.8. The minimum absolute atomic E-state index is 0.00782. The van der Waals surface area contributed by atoms with E-state index in [9.17, 15) is 0 Å². The van der Waals surface area contributed by atoms with Crippen LogP contribution in [0, 0.1) is 0 Å². The van der Waals surface area contributed by atoms with E-state index >= 15 is 0 Å². The van der Waals surface area contributed by atoms with Crippen molar-refractivity contribution in [2.45, 2.75) is 12.3 Å². The first-order valence-corrected chi connectivity index (χ1v) is 10.7. The molecule has 6 heterocycles. The van der Waals surface area contributed by atoms with E-state index in [0.29, 0.717) is 0 Å². The van der Waals surface area contributed by atoms with Crippen molar-refractivity contribution in [1.29, 1.82) is 0 Å². The molecule has 142 valence electrons. The van der Waals surface area contributed by atoms with Crippen LogP contribution in [0.1, 0.15) is 34.6 Å². The minimum atomic E-state index is -0.0121. The summed E-state index contributed by atoms with van der Waals surface area (Å²) in [5.41, 5.74) is 7.06. The molecular weight excluding hydrogens is 383 g/mol. The van der Waals surface area contributed by atoms with E-state index in [2.05, 4.69) is 91.6 Å². The highest BCUT2D eigenvalue weighted by molar-refractivity contribution is 6.51. The summed E-state index contributed by atoms with van der Waals surface area (Å²) in [6.07, 6.45) is 0.0696. The molecule has 1 N–H and O–H groups in total. The zero-order valence-electron chi connectivity index (χ0n) is 16.4. The van der Waals surface area contributed by atoms with Crippen molar-refractivity contribution in [2.75, 3.05) is 0 Å². The second kappa shape index (κ2) is 4.73. The average molecular weight is 398 g/mol. The lowest BCUT2D eigenvalue weighted by Crippen LogP contribution is -2.88. The van der Waals surface area contributed by atoms with Crippen LogP contribution in [0.15, 0.2) is 82.8 Å². The number of fused-ring (bicyclic) bond motifs is 9. The maximum absolute atomic E-state index is 5.31. The van der Waals surface area contributed by atoms with Gasteiger partial charge in [0, 0.05) is 21.9 Å². The molecule has 1 aromatic heterocycles. The molecule has 4 aromatic rings. The fourth-order valence-corrected chi connectivity index (χ4v) is 6.17. The van der Waals surface area contributed by atoms with Crippen molar-refractivity contribution >= 4 is 29.6 Å². The predicted molar refractivity (Wildman–Crippen MR) is 115 cm³/mol. The van der Waals surface area contributed by atoms with Crippen LogP contribution in [-0.2, 0) is 0 Å². The van der Waals surface area contributed by atoms with Gasteiger partial charge in [0.2, 0.25) is 6.17 Å². The van der Waals surface area contributed by atoms with Gasteiger partial charge in [-0.25, -0.2) is 4.99 Å². The molecule has 3 aromatic carbocycles. The molecule has 0 saturated carbocycles. The Morgan fingerprint density at radius 2 is 1.52 bits per heavy atom. The van der Waals surface area contributed by atoms with Crippen molar-refractivity contribution in [3.8, 4) is 0 Å². The molecular formula is C24H15BN6+2. The summed E-state index contributed by atoms with van der Waals surface area (Å²) in [6.45, 7) is 0. The Labute approximate surface area is 177 Å². The van der Waals surface area contributed by atoms with Gasteiger partial charge in [-0.15, -0.1) is 0 Å². The number of hydrogen-bond donors (Lipinski definition) is 1. The normalized spacial score (nSPS) is 23.2. The lowest BCUT2D eigenvalue weighted by Gasteiger charge is -2.30. The number of nitrogens with one attached hydrogen (secondary N) is 1. The Kier molecular flexibility index (Phi) is 2.30. The first-order chi connectivity index (χ1) is 15.4. The van der Waals surface area contributed by atoms with Gasteiger partial charge in [-0.2, -0.15) is 19.3 Å². The number of rotatable bonds is 0. The quantitative estimate of drug-likeness (QED) is 0.419. The summed E-state index contributed by atoms with van der Waals surface area (Å²) >= 11 is 0. The lowest BCUT2D eigenvalue weighted by molar-refractivity contribution is -0.588. The molecule has 0 spiro atoms. The summed E-state index contributed by atoms with van der Waals surface area (Å²) in [5, 5.41) is 2.35. The Morgan fingerprint density at radius 3 is 2.39 bits per heavy atom. The predicted octanol–water partition coefficient (Wildman–Crippen LogP) is 0.0674. The summed E-state index contributed by atoms with van der Waals surface area (Å²) in [4.78, 5) is 16.9. The second-order valence-corrected chi connectivity index (χ2v) is 8.73. The van der Waals surface area contributed by atoms with Crippen LogP contribution >= 0.6 is 0 Å². The maximum atomic E-state index is 5.31. The van der Waals surface area contributed by atoms with Gasteiger partial charge in [0.1, 0.15) is 22.7 Å². The Hall–Kier alpha value is -3.84. The summed E-state index contributed by atoms with van der Waals surface area (Å²) in [6, 6.07) is 25.9. The van der Waals surface area contributed by atoms with Crippen molar-refractivity contribution in [3.63, 3.8) is 0 Å². The van der Waals surface area contributed by atoms with Crippen LogP contribution in [0.25, 0.3) is 10.8 Å². The maximum Gasteiger partial charge on any atom is 0.739 e. The van der Waals surface area contributed by atoms with E-state index in [1.807, 2.05) is 0 Å². The highest BCUT2D eigenvalue weighted by Crippen LogP contribution is 2.43. The third-order valence-electron chi connectivity index (χ3n) is 7.37. The largest absolute Gasteiger partial charge is 0.739 e. The molecule has 0 saturated heterocycles. The SMILES string of the molecule is c1ccc2c(c1)C1=[NH+]C3c4ccccc4C4N=c5c6ccccc6c6n5B(N43)[N+]1=C2N=6. The number of amidine groups is 2. The molecule has 0 radical (unpaired) electrons. The smallest absolute Gasteiger partial charge is 0.270 e. The third-order valence-corrected chi connectivity index (χ3v) is 7.37. The van der Waals surface area contributed by atoms with Crippen LogP contribution in [0.4, 0.5) is 0 Å². The van der Waals surface area contributed by atoms with Crippen molar-refractivity contribution in [1.82, 2.24) is 9.29 Å². The molecule has 0 amide bonds. The van der Waals surface area contributed by atoms with Gasteiger partial charge in [0.05, 0.1) is 5.56 Å². The number of hydrogen-bond acceptors (Lipinski definition) is 3. The van der Waals surface area contributed by atoms with Gasteiger partial charge in [0.25, 0.3) is 5.84 Å². The fraction of sp³-hybridized carbons (Fsp3) is 0.0833. The van der Waals surface area contributed by atoms with Gasteiger partial charge in [0.15, 0.2) is 0 Å². The highest BCUT2D eigenvalue weighted by atomic mass is 15.5. The highest BCUT2D eigenvalue weighted by Gasteiger charge is 2.68. The first kappa shape index (κ1) is 15.0. The molecule has 2 unspecified atom stereocenters. The standard InChI is InChI=1S/C24H14BN6/c1-2-8-14-13(7-1)19-26-21-15-9-3-4-10-16(15)23-28-24-18-12-6-5-11-17(18)22-27-20(14)29(19)25(30(21)23)31(22)24/h1-12,19-20H/q+1/p+1.